The van der Waals surface area contributed by atoms with Crippen LogP contribution in [0.1, 0.15) is 25.3 Å². The molecule has 14 heavy (non-hydrogen) atoms. The van der Waals surface area contributed by atoms with Crippen molar-refractivity contribution in [3.63, 3.8) is 0 Å². The lowest BCUT2D eigenvalue weighted by atomic mass is 10.0. The summed E-state index contributed by atoms with van der Waals surface area (Å²) in [6.45, 7) is 3.69. The van der Waals surface area contributed by atoms with E-state index in [4.69, 9.17) is 40.5 Å². The molecule has 0 radical (unpaired) electrons. The molecule has 1 aromatic carbocycles. The first-order valence-corrected chi connectivity index (χ1v) is 5.12. The van der Waals surface area contributed by atoms with E-state index in [9.17, 15) is 4.39 Å². The lowest BCUT2D eigenvalue weighted by molar-refractivity contribution is 0.625. The van der Waals surface area contributed by atoms with Gasteiger partial charge in [-0.2, -0.15) is 0 Å². The minimum absolute atomic E-state index is 0.0101. The van der Waals surface area contributed by atoms with Crippen LogP contribution in [0.3, 0.4) is 0 Å². The number of rotatable bonds is 1. The van der Waals surface area contributed by atoms with Crippen molar-refractivity contribution in [3.05, 3.63) is 26.4 Å². The Labute approximate surface area is 96.9 Å². The molecule has 0 fully saturated rings. The molecule has 1 aromatic rings. The summed E-state index contributed by atoms with van der Waals surface area (Å²) in [5.41, 5.74) is 6.06. The minimum atomic E-state index is -0.709. The summed E-state index contributed by atoms with van der Waals surface area (Å²) in [4.78, 5) is 0. The van der Waals surface area contributed by atoms with Crippen molar-refractivity contribution < 1.29 is 4.39 Å². The maximum atomic E-state index is 13.4. The van der Waals surface area contributed by atoms with Crippen molar-refractivity contribution in [1.82, 2.24) is 0 Å². The zero-order valence-corrected chi connectivity index (χ0v) is 9.93. The van der Waals surface area contributed by atoms with E-state index in [-0.39, 0.29) is 26.7 Å². The van der Waals surface area contributed by atoms with E-state index >= 15 is 0 Å². The highest BCUT2D eigenvalue weighted by molar-refractivity contribution is 6.42. The van der Waals surface area contributed by atoms with Crippen molar-refractivity contribution in [3.8, 4) is 0 Å². The monoisotopic (exact) mass is 255 g/mol. The van der Waals surface area contributed by atoms with Crippen LogP contribution in [-0.2, 0) is 0 Å². The largest absolute Gasteiger partial charge is 0.396 e. The Hall–Kier alpha value is -0.180. The molecule has 1 rings (SSSR count). The zero-order chi connectivity index (χ0) is 11.0. The van der Waals surface area contributed by atoms with Gasteiger partial charge < -0.3 is 5.73 Å². The van der Waals surface area contributed by atoms with Gasteiger partial charge in [0.25, 0.3) is 0 Å². The van der Waals surface area contributed by atoms with E-state index in [0.29, 0.717) is 5.56 Å². The fraction of sp³-hybridized carbons (Fsp3) is 0.333. The number of benzene rings is 1. The van der Waals surface area contributed by atoms with Crippen LogP contribution in [-0.4, -0.2) is 0 Å². The highest BCUT2D eigenvalue weighted by Gasteiger charge is 2.21. The fourth-order valence-corrected chi connectivity index (χ4v) is 2.33. The third-order valence-corrected chi connectivity index (χ3v) is 3.05. The molecule has 0 heterocycles. The summed E-state index contributed by atoms with van der Waals surface area (Å²) >= 11 is 17.3. The van der Waals surface area contributed by atoms with E-state index < -0.39 is 5.82 Å². The molecular weight excluding hydrogens is 247 g/mol. The van der Waals surface area contributed by atoms with Crippen molar-refractivity contribution in [2.24, 2.45) is 0 Å². The predicted molar refractivity (Wildman–Crippen MR) is 59.9 cm³/mol. The van der Waals surface area contributed by atoms with Gasteiger partial charge in [-0.1, -0.05) is 48.7 Å². The van der Waals surface area contributed by atoms with Gasteiger partial charge in [-0.15, -0.1) is 0 Å². The highest BCUT2D eigenvalue weighted by Crippen LogP contribution is 2.42. The second-order valence-corrected chi connectivity index (χ2v) is 4.37. The average Bonchev–Trinajstić information content (AvgIpc) is 2.11. The van der Waals surface area contributed by atoms with Gasteiger partial charge in [0, 0.05) is 0 Å². The van der Waals surface area contributed by atoms with Crippen LogP contribution in [0.5, 0.6) is 0 Å². The Morgan fingerprint density at radius 1 is 1.07 bits per heavy atom. The molecule has 0 unspecified atom stereocenters. The minimum Gasteiger partial charge on any atom is -0.396 e. The first-order chi connectivity index (χ1) is 6.37. The summed E-state index contributed by atoms with van der Waals surface area (Å²) in [5, 5.41) is -0.0370. The number of hydrogen-bond acceptors (Lipinski definition) is 1. The van der Waals surface area contributed by atoms with Gasteiger partial charge in [0.2, 0.25) is 0 Å². The highest BCUT2D eigenvalue weighted by atomic mass is 35.5. The molecule has 0 aliphatic heterocycles. The summed E-state index contributed by atoms with van der Waals surface area (Å²) < 4.78 is 13.4. The smallest absolute Gasteiger partial charge is 0.162 e. The van der Waals surface area contributed by atoms with Crippen molar-refractivity contribution >= 4 is 40.5 Å². The molecule has 0 amide bonds. The normalized spacial score (nSPS) is 11.1. The van der Waals surface area contributed by atoms with Crippen LogP contribution < -0.4 is 5.73 Å². The molecule has 0 aliphatic carbocycles. The third-order valence-electron chi connectivity index (χ3n) is 1.91. The molecule has 2 N–H and O–H groups in total. The van der Waals surface area contributed by atoms with Gasteiger partial charge in [0.15, 0.2) is 5.82 Å². The molecule has 0 saturated carbocycles. The molecule has 1 nitrogen and oxygen atoms in total. The lowest BCUT2D eigenvalue weighted by Crippen LogP contribution is -2.00. The first kappa shape index (κ1) is 11.9. The maximum absolute atomic E-state index is 13.4. The number of nitrogens with two attached hydrogens (primary N) is 1. The predicted octanol–water partition coefficient (Wildman–Crippen LogP) is 4.49. The lowest BCUT2D eigenvalue weighted by Gasteiger charge is -2.14. The average molecular weight is 257 g/mol. The summed E-state index contributed by atoms with van der Waals surface area (Å²) in [6.07, 6.45) is 0. The number of anilines is 1. The Bertz CT molecular complexity index is 348. The number of nitrogen functional groups attached to an aromatic ring is 1. The summed E-state index contributed by atoms with van der Waals surface area (Å²) in [5.74, 6) is -0.719. The molecular formula is C9H9Cl3FN. The molecule has 0 bridgehead atoms. The first-order valence-electron chi connectivity index (χ1n) is 3.99. The van der Waals surface area contributed by atoms with E-state index in [1.807, 2.05) is 13.8 Å². The Kier molecular flexibility index (Phi) is 3.51. The number of halogens is 4. The molecule has 0 saturated heterocycles. The Morgan fingerprint density at radius 2 is 1.57 bits per heavy atom. The van der Waals surface area contributed by atoms with Gasteiger partial charge in [0.1, 0.15) is 5.02 Å². The fourth-order valence-electron chi connectivity index (χ4n) is 1.18. The topological polar surface area (TPSA) is 26.0 Å². The molecule has 0 atom stereocenters. The van der Waals surface area contributed by atoms with Crippen LogP contribution in [0.15, 0.2) is 0 Å². The van der Waals surface area contributed by atoms with Crippen molar-refractivity contribution in [1.29, 1.82) is 0 Å². The SMILES string of the molecule is CC(C)c1c(Cl)c(N)c(Cl)c(F)c1Cl. The second-order valence-electron chi connectivity index (χ2n) is 3.24. The zero-order valence-electron chi connectivity index (χ0n) is 7.67. The van der Waals surface area contributed by atoms with Gasteiger partial charge in [-0.05, 0) is 11.5 Å². The van der Waals surface area contributed by atoms with Gasteiger partial charge >= 0.3 is 0 Å². The van der Waals surface area contributed by atoms with Gasteiger partial charge in [-0.3, -0.25) is 0 Å². The van der Waals surface area contributed by atoms with Crippen molar-refractivity contribution in [2.75, 3.05) is 5.73 Å². The van der Waals surface area contributed by atoms with E-state index in [0.717, 1.165) is 0 Å². The van der Waals surface area contributed by atoms with Crippen LogP contribution in [0.4, 0.5) is 10.1 Å². The van der Waals surface area contributed by atoms with Crippen LogP contribution in [0.25, 0.3) is 0 Å². The van der Waals surface area contributed by atoms with Crippen LogP contribution in [0.2, 0.25) is 15.1 Å². The van der Waals surface area contributed by atoms with E-state index in [1.54, 1.807) is 0 Å². The Balaban J connectivity index is 3.60. The van der Waals surface area contributed by atoms with Gasteiger partial charge in [0.05, 0.1) is 15.7 Å². The molecule has 5 heteroatoms. The van der Waals surface area contributed by atoms with Gasteiger partial charge in [-0.25, -0.2) is 4.39 Å². The quantitative estimate of drug-likeness (QED) is 0.447. The molecule has 0 aliphatic rings. The van der Waals surface area contributed by atoms with Crippen molar-refractivity contribution in [2.45, 2.75) is 19.8 Å². The van der Waals surface area contributed by atoms with Crippen LogP contribution in [0, 0.1) is 5.82 Å². The Morgan fingerprint density at radius 3 is 2.00 bits per heavy atom. The number of hydrogen-bond donors (Lipinski definition) is 1. The standard InChI is InChI=1S/C9H9Cl3FN/c1-3(2)4-5(10)8(13)7(12)9(14)6(4)11/h3H,14H2,1-2H3. The third kappa shape index (κ3) is 1.79. The summed E-state index contributed by atoms with van der Waals surface area (Å²) in [6, 6.07) is 0. The van der Waals surface area contributed by atoms with E-state index in [1.165, 1.54) is 0 Å². The summed E-state index contributed by atoms with van der Waals surface area (Å²) in [7, 11) is 0. The molecule has 0 spiro atoms. The second kappa shape index (κ2) is 4.13. The molecule has 78 valence electrons. The molecule has 0 aromatic heterocycles. The maximum Gasteiger partial charge on any atom is 0.162 e. The van der Waals surface area contributed by atoms with E-state index in [2.05, 4.69) is 0 Å². The van der Waals surface area contributed by atoms with Crippen LogP contribution >= 0.6 is 34.8 Å².